The van der Waals surface area contributed by atoms with E-state index in [0.29, 0.717) is 11.1 Å². The van der Waals surface area contributed by atoms with Gasteiger partial charge in [0.2, 0.25) is 11.7 Å². The van der Waals surface area contributed by atoms with Crippen LogP contribution in [0.1, 0.15) is 62.0 Å². The molecule has 1 heterocycles. The summed E-state index contributed by atoms with van der Waals surface area (Å²) in [6.07, 6.45) is 0. The Hall–Kier alpha value is -7.95. The van der Waals surface area contributed by atoms with Crippen LogP contribution in [0.15, 0.2) is 114 Å². The quantitative estimate of drug-likeness (QED) is 0.0108. The Morgan fingerprint density at radius 2 is 1.06 bits per heavy atom. The number of benzene rings is 6. The molecule has 19 nitrogen and oxygen atoms in total. The van der Waals surface area contributed by atoms with E-state index in [1.54, 1.807) is 0 Å². The van der Waals surface area contributed by atoms with E-state index < -0.39 is 118 Å². The predicted molar refractivity (Wildman–Crippen MR) is 280 cm³/mol. The summed E-state index contributed by atoms with van der Waals surface area (Å²) >= 11 is 0. The molecule has 0 aliphatic carbocycles. The maximum Gasteiger partial charge on any atom is 0.246 e. The normalized spacial score (nSPS) is 12.5. The highest BCUT2D eigenvalue weighted by Gasteiger charge is 2.32. The zero-order valence-electron chi connectivity index (χ0n) is 44.7. The Bertz CT molecular complexity index is 3090. The zero-order valence-corrected chi connectivity index (χ0v) is 45.5. The molecular weight excluding hydrogens is 1190 g/mol. The number of rotatable bonds is 12. The second-order valence-corrected chi connectivity index (χ2v) is 15.9. The molecule has 2 unspecified atom stereocenters. The maximum atomic E-state index is 13.0. The molecule has 1 aliphatic heterocycles. The summed E-state index contributed by atoms with van der Waals surface area (Å²) in [6.45, 7) is -0.438. The SMILES string of the molecule is CC(=O)c1ccc(F)c(F)c1.COC(CO)(OC)c1ccc(F)c(F)c1.C[N+](=O)[O-].Cl.NC(CO)c1ccc(F)c(F)c1.NO.O=C(CO)c1ccc(F)c(F)c1.O=C1COCC(c2ccc(F)c(F)c2)N1.OCC(=NO)c1ccc(F)c(F)c1. The number of methoxy groups -OCH3 is 2. The third-order valence-electron chi connectivity index (χ3n) is 10.2. The maximum absolute atomic E-state index is 13.0. The number of Topliss-reactive ketones (excluding diaryl/α,β-unsaturated/α-hetero) is 2. The van der Waals surface area contributed by atoms with Gasteiger partial charge in [-0.2, -0.15) is 0 Å². The molecule has 6 aromatic carbocycles. The number of halogens is 13. The van der Waals surface area contributed by atoms with Crippen molar-refractivity contribution in [1.29, 1.82) is 0 Å². The topological polar surface area (TPSA) is 320 Å². The zero-order chi connectivity index (χ0) is 64.4. The van der Waals surface area contributed by atoms with E-state index in [4.69, 9.17) is 60.9 Å². The highest BCUT2D eigenvalue weighted by atomic mass is 35.5. The predicted octanol–water partition coefficient (Wildman–Crippen LogP) is 7.60. The van der Waals surface area contributed by atoms with E-state index in [2.05, 4.69) is 16.4 Å². The van der Waals surface area contributed by atoms with Crippen LogP contribution in [0, 0.1) is 79.9 Å². The fraction of sp³-hybridized carbons (Fsp3) is 0.245. The Morgan fingerprint density at radius 1 is 0.659 bits per heavy atom. The van der Waals surface area contributed by atoms with Gasteiger partial charge in [0.25, 0.3) is 0 Å². The van der Waals surface area contributed by atoms with Gasteiger partial charge < -0.3 is 56.1 Å². The average molecular weight is 1250 g/mol. The molecule has 11 N–H and O–H groups in total. The molecular formula is C53H56ClF12N5O14. The number of nitrogens with one attached hydrogen (secondary N) is 1. The Balaban J connectivity index is 0. The number of ketones is 2. The molecule has 0 saturated carbocycles. The summed E-state index contributed by atoms with van der Waals surface area (Å²) in [5.41, 5.74) is 6.66. The summed E-state index contributed by atoms with van der Waals surface area (Å²) in [6, 6.07) is 17.7. The monoisotopic (exact) mass is 1250 g/mol. The van der Waals surface area contributed by atoms with Gasteiger partial charge in [0.05, 0.1) is 31.9 Å². The van der Waals surface area contributed by atoms with Crippen molar-refractivity contribution in [2.75, 3.05) is 60.9 Å². The smallest absolute Gasteiger partial charge is 0.246 e. The number of nitrogens with two attached hydrogens (primary N) is 2. The third-order valence-corrected chi connectivity index (χ3v) is 10.2. The number of hydrogen-bond donors (Lipinski definition) is 9. The number of ether oxygens (including phenoxy) is 3. The number of carbonyl (C=O) groups excluding carboxylic acids is 3. The number of morpholine rings is 1. The first-order valence-electron chi connectivity index (χ1n) is 23.0. The van der Waals surface area contributed by atoms with Crippen molar-refractivity contribution in [1.82, 2.24) is 5.32 Å². The summed E-state index contributed by atoms with van der Waals surface area (Å²) in [4.78, 5) is 40.7. The average Bonchev–Trinajstić information content (AvgIpc) is 3.67. The fourth-order valence-electron chi connectivity index (χ4n) is 5.91. The van der Waals surface area contributed by atoms with E-state index >= 15 is 0 Å². The van der Waals surface area contributed by atoms with Gasteiger partial charge in [-0.05, 0) is 109 Å². The van der Waals surface area contributed by atoms with Crippen molar-refractivity contribution in [3.05, 3.63) is 222 Å². The van der Waals surface area contributed by atoms with Crippen LogP contribution in [-0.2, 0) is 24.8 Å². The first-order chi connectivity index (χ1) is 39.6. The molecule has 0 bridgehead atoms. The van der Waals surface area contributed by atoms with Gasteiger partial charge >= 0.3 is 0 Å². The lowest BCUT2D eigenvalue weighted by molar-refractivity contribution is -0.445. The molecule has 1 aliphatic rings. The van der Waals surface area contributed by atoms with Crippen LogP contribution in [-0.4, -0.2) is 120 Å². The van der Waals surface area contributed by atoms with Crippen molar-refractivity contribution < 1.29 is 117 Å². The lowest BCUT2D eigenvalue weighted by atomic mass is 10.1. The number of amides is 1. The van der Waals surface area contributed by atoms with Crippen molar-refractivity contribution in [2.24, 2.45) is 16.8 Å². The lowest BCUT2D eigenvalue weighted by Gasteiger charge is -2.29. The van der Waals surface area contributed by atoms with Gasteiger partial charge in [0.15, 0.2) is 88.4 Å². The number of carbonyl (C=O) groups is 3. The Labute approximate surface area is 481 Å². The van der Waals surface area contributed by atoms with E-state index in [1.807, 2.05) is 0 Å². The van der Waals surface area contributed by atoms with Gasteiger partial charge in [-0.1, -0.05) is 23.4 Å². The number of hydrogen-bond acceptors (Lipinski definition) is 17. The minimum atomic E-state index is -1.45. The van der Waals surface area contributed by atoms with Gasteiger partial charge in [0, 0.05) is 41.4 Å². The summed E-state index contributed by atoms with van der Waals surface area (Å²) in [5, 5.41) is 63.8. The molecule has 1 fully saturated rings. The number of oxime groups is 1. The fourth-order valence-corrected chi connectivity index (χ4v) is 5.91. The molecule has 1 saturated heterocycles. The Kier molecular flexibility index (Phi) is 38.3. The van der Waals surface area contributed by atoms with Crippen LogP contribution in [0.25, 0.3) is 0 Å². The standard InChI is InChI=1S/C10H9F2NO2.C10H12F2O3.C8H7F2NO2.C8H9F2NO.C8H6F2O2.C8H6F2O.CH3NO2.ClH.H3NO/c11-7-2-1-6(3-8(7)12)9-4-15-5-10(14)13-9;1-14-10(6-13,15-2)7-3-4-8(11)9(12)5-7;9-6-2-1-5(3-7(6)10)8(4-12)11-13;9-6-2-1-5(3-7(6)10)8(11)4-12;9-6-2-1-5(3-7(6)10)8(12)4-11;1-5(11)6-2-3-7(9)8(10)4-6;1-2(3)4;;1-2/h1-3,9H,4-5H2,(H,13,14);3-5,13H,6H2,1-2H3;1-3,12-13H,4H2;1-3,8,12H,4,11H2;1-3,11H,4H2;2-4H,1H3;1H3;1H;2H,1H2. The van der Waals surface area contributed by atoms with Crippen LogP contribution in [0.2, 0.25) is 0 Å². The van der Waals surface area contributed by atoms with Crippen molar-refractivity contribution >= 4 is 35.6 Å². The van der Waals surface area contributed by atoms with Crippen LogP contribution in [0.5, 0.6) is 0 Å². The first-order valence-corrected chi connectivity index (χ1v) is 23.0. The Morgan fingerprint density at radius 3 is 1.44 bits per heavy atom. The summed E-state index contributed by atoms with van der Waals surface area (Å²) in [7, 11) is 3.50. The number of nitro groups is 1. The second-order valence-electron chi connectivity index (χ2n) is 15.9. The van der Waals surface area contributed by atoms with E-state index in [1.165, 1.54) is 51.5 Å². The highest BCUT2D eigenvalue weighted by Crippen LogP contribution is 2.27. The highest BCUT2D eigenvalue weighted by molar-refractivity contribution is 6.01. The molecule has 85 heavy (non-hydrogen) atoms. The number of aliphatic hydroxyl groups is 4. The third kappa shape index (κ3) is 27.5. The van der Waals surface area contributed by atoms with Crippen LogP contribution in [0.3, 0.4) is 0 Å². The molecule has 2 atom stereocenters. The molecule has 0 radical (unpaired) electrons. The summed E-state index contributed by atoms with van der Waals surface area (Å²) in [5.74, 6) is -10.8. The molecule has 6 aromatic rings. The van der Waals surface area contributed by atoms with E-state index in [-0.39, 0.29) is 71.9 Å². The lowest BCUT2D eigenvalue weighted by Crippen LogP contribution is -2.39. The molecule has 468 valence electrons. The first kappa shape index (κ1) is 79.1. The molecule has 1 amide bonds. The van der Waals surface area contributed by atoms with Gasteiger partial charge in [-0.15, -0.1) is 12.4 Å². The minimum absolute atomic E-state index is 0. The molecule has 7 rings (SSSR count). The summed E-state index contributed by atoms with van der Waals surface area (Å²) < 4.78 is 166. The van der Waals surface area contributed by atoms with Crippen LogP contribution < -0.4 is 16.9 Å². The van der Waals surface area contributed by atoms with Crippen molar-refractivity contribution in [2.45, 2.75) is 24.8 Å². The largest absolute Gasteiger partial charge is 0.411 e. The van der Waals surface area contributed by atoms with Crippen molar-refractivity contribution in [3.63, 3.8) is 0 Å². The molecule has 0 spiro atoms. The van der Waals surface area contributed by atoms with E-state index in [9.17, 15) is 67.1 Å². The van der Waals surface area contributed by atoms with Crippen LogP contribution in [0.4, 0.5) is 52.7 Å². The van der Waals surface area contributed by atoms with Crippen LogP contribution >= 0.6 is 12.4 Å². The minimum Gasteiger partial charge on any atom is -0.411 e. The van der Waals surface area contributed by atoms with Gasteiger partial charge in [0.1, 0.15) is 25.5 Å². The molecule has 32 heteroatoms. The van der Waals surface area contributed by atoms with Gasteiger partial charge in [-0.3, -0.25) is 24.5 Å². The number of aliphatic hydroxyl groups excluding tert-OH is 4. The number of nitrogens with zero attached hydrogens (tertiary/aromatic N) is 2. The van der Waals surface area contributed by atoms with Crippen molar-refractivity contribution in [3.8, 4) is 0 Å². The van der Waals surface area contributed by atoms with E-state index in [0.717, 1.165) is 85.9 Å². The van der Waals surface area contributed by atoms with Gasteiger partial charge in [-0.25, -0.2) is 58.6 Å². The molecule has 0 aromatic heterocycles. The second kappa shape index (κ2) is 41.1.